The molecule has 2 aliphatic heterocycles. The van der Waals surface area contributed by atoms with E-state index in [-0.39, 0.29) is 6.79 Å². The summed E-state index contributed by atoms with van der Waals surface area (Å²) < 4.78 is 13.0. The third-order valence-corrected chi connectivity index (χ3v) is 5.62. The molecule has 2 aliphatic rings. The summed E-state index contributed by atoms with van der Waals surface area (Å²) in [5.41, 5.74) is 3.03. The van der Waals surface area contributed by atoms with Crippen LogP contribution in [0.1, 0.15) is 30.7 Å². The summed E-state index contributed by atoms with van der Waals surface area (Å²) in [4.78, 5) is 0. The maximum atomic E-state index is 5.48. The molecule has 0 saturated heterocycles. The number of hydrogen-bond acceptors (Lipinski definition) is 5. The fraction of sp³-hybridized carbons (Fsp3) is 0.318. The molecule has 0 aliphatic carbocycles. The highest BCUT2D eigenvalue weighted by Gasteiger charge is 2.16. The van der Waals surface area contributed by atoms with E-state index >= 15 is 0 Å². The molecular formula is C22H23N5O2S. The van der Waals surface area contributed by atoms with Gasteiger partial charge in [-0.15, -0.1) is 10.2 Å². The number of ether oxygens (including phenoxy) is 2. The third-order valence-electron chi connectivity index (χ3n) is 5.38. The second kappa shape index (κ2) is 8.31. The smallest absolute Gasteiger partial charge is 0.231 e. The van der Waals surface area contributed by atoms with Gasteiger partial charge in [0, 0.05) is 30.8 Å². The van der Waals surface area contributed by atoms with Crippen LogP contribution in [-0.2, 0) is 19.5 Å². The van der Waals surface area contributed by atoms with Crippen molar-refractivity contribution in [2.24, 2.45) is 0 Å². The fourth-order valence-electron chi connectivity index (χ4n) is 3.84. The number of fused-ring (bicyclic) bond motifs is 2. The molecule has 0 unspecified atom stereocenters. The molecule has 7 nitrogen and oxygen atoms in total. The normalized spacial score (nSPS) is 14.7. The van der Waals surface area contributed by atoms with Crippen molar-refractivity contribution in [2.45, 2.75) is 38.8 Å². The third kappa shape index (κ3) is 3.95. The van der Waals surface area contributed by atoms with Crippen molar-refractivity contribution >= 4 is 23.0 Å². The predicted octanol–water partition coefficient (Wildman–Crippen LogP) is 3.89. The van der Waals surface area contributed by atoms with Gasteiger partial charge in [-0.2, -0.15) is 0 Å². The van der Waals surface area contributed by atoms with Gasteiger partial charge in [-0.1, -0.05) is 24.6 Å². The minimum atomic E-state index is 0.276. The van der Waals surface area contributed by atoms with E-state index in [9.17, 15) is 0 Å². The van der Waals surface area contributed by atoms with Gasteiger partial charge in [-0.3, -0.25) is 0 Å². The summed E-state index contributed by atoms with van der Waals surface area (Å²) in [6.07, 6.45) is 4.60. The highest BCUT2D eigenvalue weighted by molar-refractivity contribution is 7.80. The second-order valence-electron chi connectivity index (χ2n) is 7.48. The van der Waals surface area contributed by atoms with Crippen molar-refractivity contribution in [3.8, 4) is 22.9 Å². The van der Waals surface area contributed by atoms with Crippen LogP contribution in [0.2, 0.25) is 0 Å². The van der Waals surface area contributed by atoms with Crippen molar-refractivity contribution in [3.05, 3.63) is 53.9 Å². The molecule has 0 radical (unpaired) electrons. The Labute approximate surface area is 180 Å². The van der Waals surface area contributed by atoms with Crippen LogP contribution in [0.4, 0.5) is 5.69 Å². The molecule has 30 heavy (non-hydrogen) atoms. The zero-order valence-electron chi connectivity index (χ0n) is 16.6. The maximum absolute atomic E-state index is 5.48. The monoisotopic (exact) mass is 421 g/mol. The van der Waals surface area contributed by atoms with Gasteiger partial charge in [0.2, 0.25) is 6.79 Å². The van der Waals surface area contributed by atoms with Crippen LogP contribution in [0, 0.1) is 0 Å². The van der Waals surface area contributed by atoms with E-state index in [0.717, 1.165) is 52.9 Å². The van der Waals surface area contributed by atoms with Gasteiger partial charge in [0.15, 0.2) is 22.4 Å². The summed E-state index contributed by atoms with van der Waals surface area (Å²) in [5.74, 6) is 3.56. The van der Waals surface area contributed by atoms with Gasteiger partial charge in [0.1, 0.15) is 5.82 Å². The molecule has 0 fully saturated rings. The van der Waals surface area contributed by atoms with Crippen LogP contribution in [0.3, 0.4) is 0 Å². The Morgan fingerprint density at radius 2 is 1.97 bits per heavy atom. The molecule has 1 aromatic heterocycles. The summed E-state index contributed by atoms with van der Waals surface area (Å²) in [6, 6.07) is 14.0. The first kappa shape index (κ1) is 18.9. The Balaban J connectivity index is 1.25. The molecule has 0 bridgehead atoms. The lowest BCUT2D eigenvalue weighted by atomic mass is 10.2. The number of thiocarbonyl (C=S) groups is 1. The largest absolute Gasteiger partial charge is 0.454 e. The van der Waals surface area contributed by atoms with E-state index in [1.165, 1.54) is 19.3 Å². The number of aromatic nitrogens is 3. The lowest BCUT2D eigenvalue weighted by Gasteiger charge is -2.12. The molecule has 154 valence electrons. The average Bonchev–Trinajstić information content (AvgIpc) is 3.33. The highest BCUT2D eigenvalue weighted by Crippen LogP contribution is 2.32. The number of aryl methyl sites for hydroxylation is 1. The van der Waals surface area contributed by atoms with Crippen molar-refractivity contribution < 1.29 is 9.47 Å². The molecule has 0 saturated carbocycles. The van der Waals surface area contributed by atoms with E-state index < -0.39 is 0 Å². The van der Waals surface area contributed by atoms with Gasteiger partial charge < -0.3 is 24.7 Å². The molecular weight excluding hydrogens is 398 g/mol. The van der Waals surface area contributed by atoms with Crippen molar-refractivity contribution in [2.75, 3.05) is 12.1 Å². The number of hydrogen-bond donors (Lipinski definition) is 2. The zero-order valence-corrected chi connectivity index (χ0v) is 17.4. The molecule has 3 aromatic rings. The average molecular weight is 422 g/mol. The maximum Gasteiger partial charge on any atom is 0.231 e. The van der Waals surface area contributed by atoms with Gasteiger partial charge in [0.25, 0.3) is 0 Å². The lowest BCUT2D eigenvalue weighted by molar-refractivity contribution is 0.174. The minimum Gasteiger partial charge on any atom is -0.454 e. The van der Waals surface area contributed by atoms with Gasteiger partial charge in [0.05, 0.1) is 0 Å². The van der Waals surface area contributed by atoms with Crippen LogP contribution in [0.15, 0.2) is 42.5 Å². The van der Waals surface area contributed by atoms with Crippen LogP contribution >= 0.6 is 12.2 Å². The number of nitrogens with zero attached hydrogens (tertiary/aromatic N) is 3. The van der Waals surface area contributed by atoms with Gasteiger partial charge in [-0.05, 0) is 54.9 Å². The molecule has 2 N–H and O–H groups in total. The Bertz CT molecular complexity index is 1080. The SMILES string of the molecule is S=C(NCc1ccc2c(c1)OCO2)Nc1cccc(-c2nnc3n2CCCCC3)c1. The number of nitrogens with one attached hydrogen (secondary N) is 2. The van der Waals surface area contributed by atoms with Crippen molar-refractivity contribution in [1.82, 2.24) is 20.1 Å². The van der Waals surface area contributed by atoms with E-state index in [0.29, 0.717) is 11.7 Å². The topological polar surface area (TPSA) is 73.2 Å². The summed E-state index contributed by atoms with van der Waals surface area (Å²) in [7, 11) is 0. The molecule has 8 heteroatoms. The van der Waals surface area contributed by atoms with E-state index in [1.807, 2.05) is 30.3 Å². The van der Waals surface area contributed by atoms with Gasteiger partial charge in [-0.25, -0.2) is 0 Å². The lowest BCUT2D eigenvalue weighted by Crippen LogP contribution is -2.27. The predicted molar refractivity (Wildman–Crippen MR) is 119 cm³/mol. The molecule has 0 amide bonds. The first-order valence-electron chi connectivity index (χ1n) is 10.2. The van der Waals surface area contributed by atoms with Crippen LogP contribution in [0.25, 0.3) is 11.4 Å². The standard InChI is InChI=1S/C22H23N5O2S/c30-22(23-13-15-8-9-18-19(11-15)29-14-28-18)24-17-6-4-5-16(12-17)21-26-25-20-7-2-1-3-10-27(20)21/h4-6,8-9,11-12H,1-3,7,10,13-14H2,(H2,23,24,30). The number of anilines is 1. The Kier molecular flexibility index (Phi) is 5.23. The fourth-order valence-corrected chi connectivity index (χ4v) is 4.03. The van der Waals surface area contributed by atoms with Crippen LogP contribution in [-0.4, -0.2) is 26.7 Å². The summed E-state index contributed by atoms with van der Waals surface area (Å²) >= 11 is 5.48. The minimum absolute atomic E-state index is 0.276. The van der Waals surface area contributed by atoms with Crippen LogP contribution < -0.4 is 20.1 Å². The Morgan fingerprint density at radius 1 is 1.03 bits per heavy atom. The molecule has 3 heterocycles. The first-order valence-corrected chi connectivity index (χ1v) is 10.6. The Hall–Kier alpha value is -3.13. The number of rotatable bonds is 4. The summed E-state index contributed by atoms with van der Waals surface area (Å²) in [6.45, 7) is 1.85. The van der Waals surface area contributed by atoms with Crippen LogP contribution in [0.5, 0.6) is 11.5 Å². The molecule has 0 spiro atoms. The highest BCUT2D eigenvalue weighted by atomic mass is 32.1. The number of benzene rings is 2. The molecule has 2 aromatic carbocycles. The van der Waals surface area contributed by atoms with Crippen molar-refractivity contribution in [1.29, 1.82) is 0 Å². The zero-order chi connectivity index (χ0) is 20.3. The first-order chi connectivity index (χ1) is 14.8. The van der Waals surface area contributed by atoms with Crippen molar-refractivity contribution in [3.63, 3.8) is 0 Å². The van der Waals surface area contributed by atoms with E-state index in [4.69, 9.17) is 21.7 Å². The quantitative estimate of drug-likeness (QED) is 0.619. The summed E-state index contributed by atoms with van der Waals surface area (Å²) in [5, 5.41) is 15.9. The second-order valence-corrected chi connectivity index (χ2v) is 7.89. The van der Waals surface area contributed by atoms with Gasteiger partial charge >= 0.3 is 0 Å². The van der Waals surface area contributed by atoms with E-state index in [2.05, 4.69) is 37.5 Å². The molecule has 0 atom stereocenters. The Morgan fingerprint density at radius 3 is 2.93 bits per heavy atom. The molecule has 5 rings (SSSR count). The van der Waals surface area contributed by atoms with E-state index in [1.54, 1.807) is 0 Å².